The number of thiophene rings is 1. The number of carbonyl (C=O) groups excluding carboxylic acids is 2. The first-order valence-corrected chi connectivity index (χ1v) is 8.44. The minimum Gasteiger partial charge on any atom is -0.272 e. The molecule has 1 aromatic carbocycles. The van der Waals surface area contributed by atoms with Crippen molar-refractivity contribution in [3.8, 4) is 0 Å². The Hall–Kier alpha value is -1.21. The highest BCUT2D eigenvalue weighted by Crippen LogP contribution is 2.29. The molecule has 21 heavy (non-hydrogen) atoms. The molecule has 0 bridgehead atoms. The lowest BCUT2D eigenvalue weighted by Gasteiger charge is -2.07. The Morgan fingerprint density at radius 2 is 2.00 bits per heavy atom. The van der Waals surface area contributed by atoms with Crippen molar-refractivity contribution in [3.05, 3.63) is 50.6 Å². The summed E-state index contributed by atoms with van der Waals surface area (Å²) in [5, 5.41) is 4.56. The van der Waals surface area contributed by atoms with Gasteiger partial charge in [0.2, 0.25) is 5.91 Å². The number of rotatable bonds is 4. The first kappa shape index (κ1) is 16.2. The number of thioether (sulfide) groups is 1. The van der Waals surface area contributed by atoms with E-state index >= 15 is 0 Å². The van der Waals surface area contributed by atoms with Crippen LogP contribution in [0.2, 0.25) is 10.0 Å². The van der Waals surface area contributed by atoms with Crippen LogP contribution in [0.4, 0.5) is 0 Å². The van der Waals surface area contributed by atoms with E-state index < -0.39 is 0 Å². The molecular formula is C13H10Cl2N2O2S2. The molecule has 0 radical (unpaired) electrons. The molecule has 0 saturated heterocycles. The Labute approximate surface area is 139 Å². The highest BCUT2D eigenvalue weighted by Gasteiger charge is 2.09. The summed E-state index contributed by atoms with van der Waals surface area (Å²) < 4.78 is 0. The Kier molecular flexibility index (Phi) is 5.93. The van der Waals surface area contributed by atoms with Gasteiger partial charge in [-0.2, -0.15) is 11.3 Å². The average Bonchev–Trinajstić information content (AvgIpc) is 3.00. The fourth-order valence-corrected chi connectivity index (χ4v) is 3.29. The van der Waals surface area contributed by atoms with E-state index in [1.807, 2.05) is 0 Å². The third-order valence-electron chi connectivity index (χ3n) is 2.35. The van der Waals surface area contributed by atoms with Gasteiger partial charge >= 0.3 is 0 Å². The lowest BCUT2D eigenvalue weighted by molar-refractivity contribution is -0.119. The third kappa shape index (κ3) is 4.93. The van der Waals surface area contributed by atoms with E-state index in [9.17, 15) is 9.59 Å². The summed E-state index contributed by atoms with van der Waals surface area (Å²) in [6.45, 7) is 0. The fourth-order valence-electron chi connectivity index (χ4n) is 1.36. The maximum absolute atomic E-state index is 11.7. The van der Waals surface area contributed by atoms with Crippen LogP contribution in [0, 0.1) is 0 Å². The first-order chi connectivity index (χ1) is 10.1. The average molecular weight is 361 g/mol. The Morgan fingerprint density at radius 1 is 1.19 bits per heavy atom. The van der Waals surface area contributed by atoms with Gasteiger partial charge in [0.05, 0.1) is 16.3 Å². The number of hydrazine groups is 1. The Balaban J connectivity index is 1.80. The van der Waals surface area contributed by atoms with Crippen LogP contribution in [0.25, 0.3) is 0 Å². The van der Waals surface area contributed by atoms with Gasteiger partial charge < -0.3 is 0 Å². The highest BCUT2D eigenvalue weighted by atomic mass is 35.5. The van der Waals surface area contributed by atoms with Crippen LogP contribution < -0.4 is 10.9 Å². The SMILES string of the molecule is O=C(CSc1cc(Cl)ccc1Cl)NNC(=O)c1ccsc1. The van der Waals surface area contributed by atoms with Gasteiger partial charge in [-0.3, -0.25) is 20.4 Å². The Bertz CT molecular complexity index is 648. The predicted octanol–water partition coefficient (Wildman–Crippen LogP) is 3.61. The second-order valence-electron chi connectivity index (χ2n) is 3.88. The largest absolute Gasteiger partial charge is 0.272 e. The fraction of sp³-hybridized carbons (Fsp3) is 0.0769. The van der Waals surface area contributed by atoms with Gasteiger partial charge in [-0.1, -0.05) is 23.2 Å². The van der Waals surface area contributed by atoms with Crippen molar-refractivity contribution in [2.45, 2.75) is 4.90 Å². The smallest absolute Gasteiger partial charge is 0.270 e. The molecule has 4 nitrogen and oxygen atoms in total. The number of hydrogen-bond acceptors (Lipinski definition) is 4. The van der Waals surface area contributed by atoms with E-state index in [0.717, 1.165) is 0 Å². The van der Waals surface area contributed by atoms with E-state index in [0.29, 0.717) is 20.5 Å². The van der Waals surface area contributed by atoms with Crippen molar-refractivity contribution in [1.82, 2.24) is 10.9 Å². The molecule has 1 aromatic heterocycles. The van der Waals surface area contributed by atoms with Crippen LogP contribution in [-0.2, 0) is 4.79 Å². The normalized spacial score (nSPS) is 10.2. The molecule has 0 aliphatic carbocycles. The van der Waals surface area contributed by atoms with Crippen molar-refractivity contribution < 1.29 is 9.59 Å². The maximum atomic E-state index is 11.7. The van der Waals surface area contributed by atoms with Gasteiger partial charge in [-0.05, 0) is 29.6 Å². The molecule has 1 heterocycles. The van der Waals surface area contributed by atoms with E-state index in [1.165, 1.54) is 23.1 Å². The second-order valence-corrected chi connectivity index (χ2v) is 6.52. The second kappa shape index (κ2) is 7.70. The molecule has 0 saturated carbocycles. The molecule has 0 fully saturated rings. The molecule has 0 aliphatic heterocycles. The molecule has 8 heteroatoms. The van der Waals surface area contributed by atoms with Gasteiger partial charge in [0, 0.05) is 15.3 Å². The van der Waals surface area contributed by atoms with Crippen LogP contribution >= 0.6 is 46.3 Å². The molecule has 2 aromatic rings. The van der Waals surface area contributed by atoms with E-state index in [1.54, 1.807) is 35.0 Å². The molecule has 110 valence electrons. The molecule has 0 aliphatic rings. The monoisotopic (exact) mass is 360 g/mol. The van der Waals surface area contributed by atoms with Crippen LogP contribution in [0.15, 0.2) is 39.9 Å². The lowest BCUT2D eigenvalue weighted by atomic mass is 10.3. The summed E-state index contributed by atoms with van der Waals surface area (Å²) in [6, 6.07) is 6.70. The number of nitrogens with one attached hydrogen (secondary N) is 2. The van der Waals surface area contributed by atoms with Crippen molar-refractivity contribution >= 4 is 58.1 Å². The predicted molar refractivity (Wildman–Crippen MR) is 87.1 cm³/mol. The zero-order chi connectivity index (χ0) is 15.2. The number of carbonyl (C=O) groups is 2. The third-order valence-corrected chi connectivity index (χ3v) is 4.77. The first-order valence-electron chi connectivity index (χ1n) is 5.75. The minimum atomic E-state index is -0.351. The maximum Gasteiger partial charge on any atom is 0.270 e. The van der Waals surface area contributed by atoms with Crippen LogP contribution in [0.1, 0.15) is 10.4 Å². The summed E-state index contributed by atoms with van der Waals surface area (Å²) in [6.07, 6.45) is 0. The molecule has 0 atom stereocenters. The van der Waals surface area contributed by atoms with E-state index in [-0.39, 0.29) is 17.6 Å². The minimum absolute atomic E-state index is 0.115. The van der Waals surface area contributed by atoms with Crippen LogP contribution in [-0.4, -0.2) is 17.6 Å². The Morgan fingerprint density at radius 3 is 2.71 bits per heavy atom. The van der Waals surface area contributed by atoms with Crippen molar-refractivity contribution in [2.24, 2.45) is 0 Å². The number of amides is 2. The van der Waals surface area contributed by atoms with Gasteiger partial charge in [-0.15, -0.1) is 11.8 Å². The number of hydrogen-bond donors (Lipinski definition) is 2. The van der Waals surface area contributed by atoms with E-state index in [4.69, 9.17) is 23.2 Å². The van der Waals surface area contributed by atoms with Gasteiger partial charge in [0.15, 0.2) is 0 Å². The number of benzene rings is 1. The quantitative estimate of drug-likeness (QED) is 0.646. The highest BCUT2D eigenvalue weighted by molar-refractivity contribution is 8.00. The van der Waals surface area contributed by atoms with Crippen molar-refractivity contribution in [3.63, 3.8) is 0 Å². The zero-order valence-electron chi connectivity index (χ0n) is 10.6. The van der Waals surface area contributed by atoms with E-state index in [2.05, 4.69) is 10.9 Å². The topological polar surface area (TPSA) is 58.2 Å². The van der Waals surface area contributed by atoms with Gasteiger partial charge in [0.25, 0.3) is 5.91 Å². The summed E-state index contributed by atoms with van der Waals surface area (Å²) in [7, 11) is 0. The molecule has 0 unspecified atom stereocenters. The standard InChI is InChI=1S/C13H10Cl2N2O2S2/c14-9-1-2-10(15)11(5-9)21-7-12(18)16-17-13(19)8-3-4-20-6-8/h1-6H,7H2,(H,16,18)(H,17,19). The number of halogens is 2. The molecular weight excluding hydrogens is 351 g/mol. The summed E-state index contributed by atoms with van der Waals surface area (Å²) in [5.74, 6) is -0.570. The summed E-state index contributed by atoms with van der Waals surface area (Å²) in [5.41, 5.74) is 5.19. The summed E-state index contributed by atoms with van der Waals surface area (Å²) >= 11 is 14.5. The molecule has 2 N–H and O–H groups in total. The lowest BCUT2D eigenvalue weighted by Crippen LogP contribution is -2.42. The van der Waals surface area contributed by atoms with Crippen molar-refractivity contribution in [2.75, 3.05) is 5.75 Å². The molecule has 2 amide bonds. The molecule has 2 rings (SSSR count). The van der Waals surface area contributed by atoms with Crippen LogP contribution in [0.3, 0.4) is 0 Å². The van der Waals surface area contributed by atoms with Crippen LogP contribution in [0.5, 0.6) is 0 Å². The van der Waals surface area contributed by atoms with Crippen molar-refractivity contribution in [1.29, 1.82) is 0 Å². The van der Waals surface area contributed by atoms with Gasteiger partial charge in [-0.25, -0.2) is 0 Å². The molecule has 0 spiro atoms. The summed E-state index contributed by atoms with van der Waals surface area (Å²) in [4.78, 5) is 24.0. The van der Waals surface area contributed by atoms with Gasteiger partial charge in [0.1, 0.15) is 0 Å². The zero-order valence-corrected chi connectivity index (χ0v) is 13.7.